The van der Waals surface area contributed by atoms with Crippen molar-refractivity contribution in [1.29, 1.82) is 0 Å². The quantitative estimate of drug-likeness (QED) is 0.844. The third kappa shape index (κ3) is 5.53. The molecule has 1 aliphatic rings. The van der Waals surface area contributed by atoms with Crippen molar-refractivity contribution in [2.75, 3.05) is 18.4 Å². The third-order valence-corrected chi connectivity index (χ3v) is 4.20. The normalized spacial score (nSPS) is 17.7. The summed E-state index contributed by atoms with van der Waals surface area (Å²) in [5, 5.41) is 2.53. The number of anilines is 1. The molecule has 1 fully saturated rings. The summed E-state index contributed by atoms with van der Waals surface area (Å²) >= 11 is 0. The Bertz CT molecular complexity index is 556. The van der Waals surface area contributed by atoms with Gasteiger partial charge in [0.15, 0.2) is 0 Å². The van der Waals surface area contributed by atoms with E-state index in [-0.39, 0.29) is 0 Å². The number of amides is 1. The van der Waals surface area contributed by atoms with Crippen molar-refractivity contribution in [2.45, 2.75) is 32.2 Å². The number of rotatable bonds is 4. The molecule has 0 aromatic heterocycles. The Morgan fingerprint density at radius 1 is 1.04 bits per heavy atom. The average molecular weight is 310 g/mol. The maximum absolute atomic E-state index is 9.86. The fourth-order valence-electron chi connectivity index (χ4n) is 3.02. The molecule has 2 aromatic carbocycles. The van der Waals surface area contributed by atoms with Gasteiger partial charge in [-0.25, -0.2) is 0 Å². The Morgan fingerprint density at radius 2 is 1.70 bits per heavy atom. The molecule has 122 valence electrons. The van der Waals surface area contributed by atoms with Crippen LogP contribution in [0.25, 0.3) is 0 Å². The lowest BCUT2D eigenvalue weighted by Gasteiger charge is -2.35. The van der Waals surface area contributed by atoms with Crippen molar-refractivity contribution >= 4 is 12.1 Å². The predicted molar refractivity (Wildman–Crippen MR) is 96.4 cm³/mol. The van der Waals surface area contributed by atoms with Crippen LogP contribution >= 0.6 is 0 Å². The van der Waals surface area contributed by atoms with Crippen molar-refractivity contribution in [3.8, 4) is 0 Å². The van der Waals surface area contributed by atoms with E-state index in [1.165, 1.54) is 37.9 Å². The molecule has 3 heteroatoms. The minimum Gasteiger partial charge on any atom is -0.329 e. The van der Waals surface area contributed by atoms with Crippen molar-refractivity contribution in [3.63, 3.8) is 0 Å². The van der Waals surface area contributed by atoms with E-state index in [0.29, 0.717) is 12.5 Å². The highest BCUT2D eigenvalue weighted by Crippen LogP contribution is 2.29. The van der Waals surface area contributed by atoms with Gasteiger partial charge >= 0.3 is 0 Å². The van der Waals surface area contributed by atoms with E-state index >= 15 is 0 Å². The SMILES string of the molecule is CCN1CCCCC1c1ccccc1.O=CNc1ccccc1. The summed E-state index contributed by atoms with van der Waals surface area (Å²) < 4.78 is 0. The first-order valence-corrected chi connectivity index (χ1v) is 8.39. The standard InChI is InChI=1S/C13H19N.C7H7NO/c1-2-14-11-7-6-10-13(14)12-8-4-3-5-9-12;9-6-8-7-4-2-1-3-5-7/h3-5,8-9,13H,2,6-7,10-11H2,1H3;1-6H,(H,8,9). The van der Waals surface area contributed by atoms with E-state index in [1.54, 1.807) is 0 Å². The number of carbonyl (C=O) groups excluding carboxylic acids is 1. The number of piperidine rings is 1. The van der Waals surface area contributed by atoms with Gasteiger partial charge in [0.05, 0.1) is 0 Å². The number of benzene rings is 2. The maximum atomic E-state index is 9.86. The largest absolute Gasteiger partial charge is 0.329 e. The molecular weight excluding hydrogens is 284 g/mol. The molecule has 0 radical (unpaired) electrons. The molecule has 1 unspecified atom stereocenters. The molecule has 0 bridgehead atoms. The number of nitrogens with one attached hydrogen (secondary N) is 1. The number of hydrogen-bond donors (Lipinski definition) is 1. The summed E-state index contributed by atoms with van der Waals surface area (Å²) in [7, 11) is 0. The summed E-state index contributed by atoms with van der Waals surface area (Å²) in [5.41, 5.74) is 2.32. The smallest absolute Gasteiger partial charge is 0.211 e. The number of para-hydroxylation sites is 1. The topological polar surface area (TPSA) is 32.3 Å². The molecule has 1 amide bonds. The van der Waals surface area contributed by atoms with Crippen LogP contribution in [0.1, 0.15) is 37.8 Å². The zero-order valence-electron chi connectivity index (χ0n) is 13.8. The molecule has 0 aliphatic carbocycles. The van der Waals surface area contributed by atoms with Crippen LogP contribution in [0.2, 0.25) is 0 Å². The van der Waals surface area contributed by atoms with Crippen LogP contribution in [0.5, 0.6) is 0 Å². The second-order valence-electron chi connectivity index (χ2n) is 5.68. The van der Waals surface area contributed by atoms with Crippen molar-refractivity contribution < 1.29 is 4.79 Å². The average Bonchev–Trinajstić information content (AvgIpc) is 2.64. The van der Waals surface area contributed by atoms with Gasteiger partial charge in [0, 0.05) is 11.7 Å². The first-order chi connectivity index (χ1) is 11.3. The Kier molecular flexibility index (Phi) is 7.34. The molecule has 23 heavy (non-hydrogen) atoms. The zero-order valence-corrected chi connectivity index (χ0v) is 13.8. The fourth-order valence-corrected chi connectivity index (χ4v) is 3.02. The number of likely N-dealkylation sites (tertiary alicyclic amines) is 1. The van der Waals surface area contributed by atoms with E-state index in [2.05, 4.69) is 47.5 Å². The van der Waals surface area contributed by atoms with E-state index in [9.17, 15) is 4.79 Å². The Hall–Kier alpha value is -2.13. The van der Waals surface area contributed by atoms with Crippen LogP contribution in [-0.2, 0) is 4.79 Å². The van der Waals surface area contributed by atoms with Crippen LogP contribution in [0.4, 0.5) is 5.69 Å². The van der Waals surface area contributed by atoms with Crippen LogP contribution < -0.4 is 5.32 Å². The monoisotopic (exact) mass is 310 g/mol. The van der Waals surface area contributed by atoms with E-state index in [1.807, 2.05) is 30.3 Å². The van der Waals surface area contributed by atoms with E-state index in [4.69, 9.17) is 0 Å². The lowest BCUT2D eigenvalue weighted by atomic mass is 9.95. The highest BCUT2D eigenvalue weighted by molar-refractivity contribution is 5.70. The molecule has 1 atom stereocenters. The molecule has 0 spiro atoms. The first-order valence-electron chi connectivity index (χ1n) is 8.39. The minimum atomic E-state index is 0.662. The molecule has 1 aliphatic heterocycles. The highest BCUT2D eigenvalue weighted by atomic mass is 16.1. The Morgan fingerprint density at radius 3 is 2.30 bits per heavy atom. The molecule has 3 rings (SSSR count). The van der Waals surface area contributed by atoms with Gasteiger partial charge in [-0.3, -0.25) is 9.69 Å². The van der Waals surface area contributed by atoms with Crippen LogP contribution in [0.15, 0.2) is 60.7 Å². The Labute approximate surface area is 139 Å². The van der Waals surface area contributed by atoms with Crippen LogP contribution in [0.3, 0.4) is 0 Å². The first kappa shape index (κ1) is 17.2. The maximum Gasteiger partial charge on any atom is 0.211 e. The fraction of sp³-hybridized carbons (Fsp3) is 0.350. The third-order valence-electron chi connectivity index (χ3n) is 4.20. The second kappa shape index (κ2) is 9.80. The molecular formula is C20H26N2O. The van der Waals surface area contributed by atoms with Crippen LogP contribution in [-0.4, -0.2) is 24.4 Å². The van der Waals surface area contributed by atoms with Gasteiger partial charge in [0.25, 0.3) is 0 Å². The van der Waals surface area contributed by atoms with Gasteiger partial charge in [-0.1, -0.05) is 61.9 Å². The van der Waals surface area contributed by atoms with Gasteiger partial charge < -0.3 is 5.32 Å². The van der Waals surface area contributed by atoms with E-state index < -0.39 is 0 Å². The van der Waals surface area contributed by atoms with Crippen molar-refractivity contribution in [2.24, 2.45) is 0 Å². The molecule has 0 saturated carbocycles. The number of carbonyl (C=O) groups is 1. The van der Waals surface area contributed by atoms with Crippen LogP contribution in [0, 0.1) is 0 Å². The lowest BCUT2D eigenvalue weighted by Crippen LogP contribution is -2.33. The summed E-state index contributed by atoms with van der Waals surface area (Å²) in [4.78, 5) is 12.5. The van der Waals surface area contributed by atoms with Gasteiger partial charge in [0.2, 0.25) is 6.41 Å². The van der Waals surface area contributed by atoms with Gasteiger partial charge in [-0.2, -0.15) is 0 Å². The summed E-state index contributed by atoms with van der Waals surface area (Å²) in [6.07, 6.45) is 4.75. The van der Waals surface area contributed by atoms with Gasteiger partial charge in [-0.05, 0) is 43.6 Å². The lowest BCUT2D eigenvalue weighted by molar-refractivity contribution is -0.105. The summed E-state index contributed by atoms with van der Waals surface area (Å²) in [6, 6.07) is 20.9. The minimum absolute atomic E-state index is 0.662. The second-order valence-corrected chi connectivity index (χ2v) is 5.68. The summed E-state index contributed by atoms with van der Waals surface area (Å²) in [5.74, 6) is 0. The molecule has 3 nitrogen and oxygen atoms in total. The number of hydrogen-bond acceptors (Lipinski definition) is 2. The molecule has 2 aromatic rings. The van der Waals surface area contributed by atoms with Crippen molar-refractivity contribution in [1.82, 2.24) is 4.90 Å². The summed E-state index contributed by atoms with van der Waals surface area (Å²) in [6.45, 7) is 4.72. The molecule has 1 heterocycles. The van der Waals surface area contributed by atoms with Gasteiger partial charge in [0.1, 0.15) is 0 Å². The predicted octanol–water partition coefficient (Wildman–Crippen LogP) is 4.49. The zero-order chi connectivity index (χ0) is 16.3. The Balaban J connectivity index is 0.000000185. The molecule has 1 saturated heterocycles. The van der Waals surface area contributed by atoms with E-state index in [0.717, 1.165) is 5.69 Å². The van der Waals surface area contributed by atoms with Crippen molar-refractivity contribution in [3.05, 3.63) is 66.2 Å². The van der Waals surface area contributed by atoms with Gasteiger partial charge in [-0.15, -0.1) is 0 Å². The highest BCUT2D eigenvalue weighted by Gasteiger charge is 2.21. The number of nitrogens with zero attached hydrogens (tertiary/aromatic N) is 1. The molecule has 1 N–H and O–H groups in total.